The minimum atomic E-state index is -0.506. The van der Waals surface area contributed by atoms with Gasteiger partial charge in [-0.2, -0.15) is 0 Å². The molecule has 1 N–H and O–H groups in total. The van der Waals surface area contributed by atoms with E-state index in [0.29, 0.717) is 10.3 Å². The maximum absolute atomic E-state index is 11.9. The standard InChI is InChI=1S/C15H18ClNO2S/c1-19-15(18)14(12-6-2-3-7-13(12)16)17-9-8-11-5-4-10-20-11/h2-4,6-7,10-11,14,17H,5,8-9H2,1H3. The van der Waals surface area contributed by atoms with Gasteiger partial charge >= 0.3 is 5.97 Å². The normalized spacial score (nSPS) is 19.0. The second kappa shape index (κ2) is 7.72. The summed E-state index contributed by atoms with van der Waals surface area (Å²) in [5.74, 6) is -0.310. The summed E-state index contributed by atoms with van der Waals surface area (Å²) in [5.41, 5.74) is 0.762. The zero-order valence-corrected chi connectivity index (χ0v) is 12.9. The highest BCUT2D eigenvalue weighted by Crippen LogP contribution is 2.27. The number of ether oxygens (including phenoxy) is 1. The van der Waals surface area contributed by atoms with Gasteiger partial charge in [-0.25, -0.2) is 4.79 Å². The zero-order chi connectivity index (χ0) is 14.4. The summed E-state index contributed by atoms with van der Waals surface area (Å²) < 4.78 is 4.87. The van der Waals surface area contributed by atoms with Gasteiger partial charge in [0.25, 0.3) is 0 Å². The third kappa shape index (κ3) is 4.01. The number of rotatable bonds is 6. The maximum Gasteiger partial charge on any atom is 0.327 e. The van der Waals surface area contributed by atoms with Crippen molar-refractivity contribution in [1.29, 1.82) is 0 Å². The van der Waals surface area contributed by atoms with Crippen LogP contribution in [0.15, 0.2) is 35.7 Å². The van der Waals surface area contributed by atoms with Crippen LogP contribution in [0.1, 0.15) is 24.4 Å². The van der Waals surface area contributed by atoms with Gasteiger partial charge in [-0.15, -0.1) is 11.8 Å². The summed E-state index contributed by atoms with van der Waals surface area (Å²) in [7, 11) is 1.39. The molecule has 3 nitrogen and oxygen atoms in total. The molecule has 1 aliphatic heterocycles. The molecule has 0 radical (unpaired) electrons. The van der Waals surface area contributed by atoms with Gasteiger partial charge in [0.05, 0.1) is 7.11 Å². The van der Waals surface area contributed by atoms with Crippen molar-refractivity contribution in [3.63, 3.8) is 0 Å². The number of carbonyl (C=O) groups excluding carboxylic acids is 1. The van der Waals surface area contributed by atoms with E-state index >= 15 is 0 Å². The number of esters is 1. The summed E-state index contributed by atoms with van der Waals surface area (Å²) in [6, 6.07) is 6.85. The number of carbonyl (C=O) groups is 1. The first-order valence-corrected chi connectivity index (χ1v) is 7.90. The summed E-state index contributed by atoms with van der Waals surface area (Å²) in [6.07, 6.45) is 4.29. The molecular weight excluding hydrogens is 294 g/mol. The van der Waals surface area contributed by atoms with Crippen molar-refractivity contribution in [2.75, 3.05) is 13.7 Å². The van der Waals surface area contributed by atoms with Gasteiger partial charge in [-0.05, 0) is 36.4 Å². The van der Waals surface area contributed by atoms with Crippen LogP contribution in [0.5, 0.6) is 0 Å². The molecule has 2 atom stereocenters. The molecule has 5 heteroatoms. The summed E-state index contributed by atoms with van der Waals surface area (Å²) in [4.78, 5) is 11.9. The molecule has 0 amide bonds. The highest BCUT2D eigenvalue weighted by atomic mass is 35.5. The fourth-order valence-corrected chi connectivity index (χ4v) is 3.32. The smallest absolute Gasteiger partial charge is 0.327 e. The lowest BCUT2D eigenvalue weighted by molar-refractivity contribution is -0.143. The van der Waals surface area contributed by atoms with Crippen molar-refractivity contribution < 1.29 is 9.53 Å². The molecule has 1 aromatic rings. The average molecular weight is 312 g/mol. The Morgan fingerprint density at radius 2 is 2.35 bits per heavy atom. The van der Waals surface area contributed by atoms with E-state index in [0.717, 1.165) is 24.9 Å². The number of thioether (sulfide) groups is 1. The van der Waals surface area contributed by atoms with Crippen LogP contribution in [-0.2, 0) is 9.53 Å². The first-order valence-electron chi connectivity index (χ1n) is 6.58. The predicted molar refractivity (Wildman–Crippen MR) is 84.0 cm³/mol. The molecule has 0 fully saturated rings. The Labute approximate surface area is 128 Å². The Kier molecular flexibility index (Phi) is 5.95. The van der Waals surface area contributed by atoms with Gasteiger partial charge in [0.15, 0.2) is 0 Å². The quantitative estimate of drug-likeness (QED) is 0.815. The lowest BCUT2D eigenvalue weighted by atomic mass is 10.1. The van der Waals surface area contributed by atoms with Gasteiger partial charge < -0.3 is 10.1 Å². The van der Waals surface area contributed by atoms with Crippen LogP contribution in [0.4, 0.5) is 0 Å². The van der Waals surface area contributed by atoms with Crippen molar-refractivity contribution in [3.8, 4) is 0 Å². The SMILES string of the molecule is COC(=O)C(NCCC1CC=CS1)c1ccccc1Cl. The second-order valence-electron chi connectivity index (χ2n) is 4.59. The van der Waals surface area contributed by atoms with Crippen LogP contribution in [0, 0.1) is 0 Å². The van der Waals surface area contributed by atoms with Crippen LogP contribution in [0.2, 0.25) is 5.02 Å². The average Bonchev–Trinajstić information content (AvgIpc) is 2.97. The molecule has 1 aliphatic rings. The molecule has 0 aliphatic carbocycles. The number of methoxy groups -OCH3 is 1. The first kappa shape index (κ1) is 15.4. The minimum Gasteiger partial charge on any atom is -0.468 e. The minimum absolute atomic E-state index is 0.310. The van der Waals surface area contributed by atoms with Crippen molar-refractivity contribution in [3.05, 3.63) is 46.3 Å². The van der Waals surface area contributed by atoms with Gasteiger partial charge in [0, 0.05) is 10.3 Å². The van der Waals surface area contributed by atoms with Crippen molar-refractivity contribution in [1.82, 2.24) is 5.32 Å². The lowest BCUT2D eigenvalue weighted by Crippen LogP contribution is -2.31. The molecule has 0 bridgehead atoms. The van der Waals surface area contributed by atoms with E-state index in [9.17, 15) is 4.79 Å². The van der Waals surface area contributed by atoms with Crippen LogP contribution < -0.4 is 5.32 Å². The summed E-state index contributed by atoms with van der Waals surface area (Å²) in [5, 5.41) is 6.57. The third-order valence-corrected chi connectivity index (χ3v) is 4.74. The second-order valence-corrected chi connectivity index (χ2v) is 6.20. The number of allylic oxidation sites excluding steroid dienone is 1. The van der Waals surface area contributed by atoms with Crippen LogP contribution >= 0.6 is 23.4 Å². The van der Waals surface area contributed by atoms with Gasteiger partial charge in [-0.3, -0.25) is 0 Å². The summed E-state index contributed by atoms with van der Waals surface area (Å²) in [6.45, 7) is 0.754. The molecule has 0 spiro atoms. The first-order chi connectivity index (χ1) is 9.72. The molecule has 1 heterocycles. The molecule has 20 heavy (non-hydrogen) atoms. The molecule has 0 saturated carbocycles. The van der Waals surface area contributed by atoms with E-state index in [1.165, 1.54) is 7.11 Å². The van der Waals surface area contributed by atoms with Gasteiger partial charge in [-0.1, -0.05) is 35.9 Å². The van der Waals surface area contributed by atoms with E-state index in [2.05, 4.69) is 16.8 Å². The largest absolute Gasteiger partial charge is 0.468 e. The van der Waals surface area contributed by atoms with Crippen LogP contribution in [0.3, 0.4) is 0 Å². The van der Waals surface area contributed by atoms with Crippen molar-refractivity contribution in [2.24, 2.45) is 0 Å². The Balaban J connectivity index is 1.97. The third-order valence-electron chi connectivity index (χ3n) is 3.23. The lowest BCUT2D eigenvalue weighted by Gasteiger charge is -2.19. The van der Waals surface area contributed by atoms with E-state index < -0.39 is 6.04 Å². The van der Waals surface area contributed by atoms with E-state index in [1.807, 2.05) is 30.0 Å². The molecule has 108 valence electrons. The van der Waals surface area contributed by atoms with Crippen LogP contribution in [0.25, 0.3) is 0 Å². The molecular formula is C15H18ClNO2S. The van der Waals surface area contributed by atoms with Crippen molar-refractivity contribution >= 4 is 29.3 Å². The monoisotopic (exact) mass is 311 g/mol. The fraction of sp³-hybridized carbons (Fsp3) is 0.400. The van der Waals surface area contributed by atoms with Gasteiger partial charge in [0.1, 0.15) is 6.04 Å². The number of nitrogens with one attached hydrogen (secondary N) is 1. The van der Waals surface area contributed by atoms with Gasteiger partial charge in [0.2, 0.25) is 0 Å². The molecule has 0 aromatic heterocycles. The van der Waals surface area contributed by atoms with E-state index in [1.54, 1.807) is 6.07 Å². The summed E-state index contributed by atoms with van der Waals surface area (Å²) >= 11 is 8.01. The highest BCUT2D eigenvalue weighted by molar-refractivity contribution is 8.03. The van der Waals surface area contributed by atoms with E-state index in [4.69, 9.17) is 16.3 Å². The fourth-order valence-electron chi connectivity index (χ4n) is 2.15. The highest BCUT2D eigenvalue weighted by Gasteiger charge is 2.23. The Bertz CT molecular complexity index is 485. The number of halogens is 1. The molecule has 0 saturated heterocycles. The number of hydrogen-bond acceptors (Lipinski definition) is 4. The molecule has 1 aromatic carbocycles. The van der Waals surface area contributed by atoms with Crippen molar-refractivity contribution in [2.45, 2.75) is 24.1 Å². The Morgan fingerprint density at radius 1 is 1.55 bits per heavy atom. The number of hydrogen-bond donors (Lipinski definition) is 1. The number of benzene rings is 1. The Morgan fingerprint density at radius 3 is 3.00 bits per heavy atom. The zero-order valence-electron chi connectivity index (χ0n) is 11.3. The maximum atomic E-state index is 11.9. The molecule has 2 rings (SSSR count). The topological polar surface area (TPSA) is 38.3 Å². The molecule has 2 unspecified atom stereocenters. The Hall–Kier alpha value is -0.970. The predicted octanol–water partition coefficient (Wildman–Crippen LogP) is 3.55. The van der Waals surface area contributed by atoms with E-state index in [-0.39, 0.29) is 5.97 Å². The van der Waals surface area contributed by atoms with Crippen LogP contribution in [-0.4, -0.2) is 24.9 Å².